The van der Waals surface area contributed by atoms with Gasteiger partial charge >= 0.3 is 0 Å². The zero-order valence-electron chi connectivity index (χ0n) is 11.2. The summed E-state index contributed by atoms with van der Waals surface area (Å²) in [5.74, 6) is 0.137. The van der Waals surface area contributed by atoms with E-state index < -0.39 is 0 Å². The van der Waals surface area contributed by atoms with Gasteiger partial charge in [-0.3, -0.25) is 9.59 Å². The van der Waals surface area contributed by atoms with Crippen molar-refractivity contribution < 1.29 is 9.59 Å². The molecule has 1 amide bonds. The van der Waals surface area contributed by atoms with E-state index in [0.29, 0.717) is 19.4 Å². The zero-order chi connectivity index (χ0) is 13.4. The van der Waals surface area contributed by atoms with E-state index in [1.807, 2.05) is 0 Å². The lowest BCUT2D eigenvalue weighted by Gasteiger charge is -2.04. The van der Waals surface area contributed by atoms with Gasteiger partial charge in [-0.05, 0) is 32.3 Å². The molecule has 0 atom stereocenters. The Morgan fingerprint density at radius 1 is 1.11 bits per heavy atom. The van der Waals surface area contributed by atoms with Crippen LogP contribution in [0.1, 0.15) is 37.3 Å². The van der Waals surface area contributed by atoms with Crippen LogP contribution < -0.4 is 5.32 Å². The highest BCUT2D eigenvalue weighted by Gasteiger charge is 2.02. The summed E-state index contributed by atoms with van der Waals surface area (Å²) in [5, 5.41) is 2.75. The Hall–Kier alpha value is -1.64. The van der Waals surface area contributed by atoms with E-state index in [9.17, 15) is 9.59 Å². The first-order valence-corrected chi connectivity index (χ1v) is 6.39. The summed E-state index contributed by atoms with van der Waals surface area (Å²) < 4.78 is 0. The number of Topliss-reactive ketones (excluding diaryl/α,β-unsaturated/α-hetero) is 1. The predicted molar refractivity (Wildman–Crippen MR) is 72.4 cm³/mol. The first-order chi connectivity index (χ1) is 8.58. The van der Waals surface area contributed by atoms with Crippen LogP contribution in [0, 0.1) is 6.92 Å². The number of benzene rings is 1. The molecule has 0 aromatic heterocycles. The second-order valence-corrected chi connectivity index (χ2v) is 4.64. The number of amides is 1. The largest absolute Gasteiger partial charge is 0.356 e. The van der Waals surface area contributed by atoms with Crippen molar-refractivity contribution in [3.8, 4) is 0 Å². The van der Waals surface area contributed by atoms with Gasteiger partial charge in [-0.1, -0.05) is 29.8 Å². The van der Waals surface area contributed by atoms with Crippen molar-refractivity contribution in [2.24, 2.45) is 0 Å². The van der Waals surface area contributed by atoms with E-state index >= 15 is 0 Å². The van der Waals surface area contributed by atoms with Gasteiger partial charge in [-0.25, -0.2) is 0 Å². The highest BCUT2D eigenvalue weighted by molar-refractivity contribution is 5.78. The number of carbonyl (C=O) groups is 2. The van der Waals surface area contributed by atoms with Crippen LogP contribution in [0.3, 0.4) is 0 Å². The molecule has 0 radical (unpaired) electrons. The molecular formula is C15H21NO2. The Morgan fingerprint density at radius 3 is 2.39 bits per heavy atom. The van der Waals surface area contributed by atoms with Crippen LogP contribution in [0.25, 0.3) is 0 Å². The molecule has 0 bridgehead atoms. The van der Waals surface area contributed by atoms with Crippen molar-refractivity contribution in [1.29, 1.82) is 0 Å². The van der Waals surface area contributed by atoms with Gasteiger partial charge in [0.05, 0.1) is 0 Å². The van der Waals surface area contributed by atoms with Crippen molar-refractivity contribution in [2.45, 2.75) is 39.5 Å². The number of rotatable bonds is 7. The molecule has 3 heteroatoms. The molecule has 98 valence electrons. The minimum atomic E-state index is 0.0309. The lowest BCUT2D eigenvalue weighted by molar-refractivity contribution is -0.121. The molecule has 0 spiro atoms. The fraction of sp³-hybridized carbons (Fsp3) is 0.467. The van der Waals surface area contributed by atoms with E-state index in [0.717, 1.165) is 12.8 Å². The van der Waals surface area contributed by atoms with E-state index in [-0.39, 0.29) is 11.7 Å². The minimum Gasteiger partial charge on any atom is -0.356 e. The number of ketones is 1. The Morgan fingerprint density at radius 2 is 1.78 bits per heavy atom. The van der Waals surface area contributed by atoms with E-state index in [4.69, 9.17) is 0 Å². The normalized spacial score (nSPS) is 10.1. The van der Waals surface area contributed by atoms with Crippen LogP contribution in [0.4, 0.5) is 0 Å². The molecule has 0 aliphatic rings. The van der Waals surface area contributed by atoms with Gasteiger partial charge in [0.2, 0.25) is 5.91 Å². The highest BCUT2D eigenvalue weighted by atomic mass is 16.1. The zero-order valence-corrected chi connectivity index (χ0v) is 11.2. The van der Waals surface area contributed by atoms with Gasteiger partial charge in [0.15, 0.2) is 0 Å². The van der Waals surface area contributed by atoms with Crippen LogP contribution in [0.5, 0.6) is 0 Å². The molecule has 0 aliphatic carbocycles. The Balaban J connectivity index is 2.15. The molecule has 0 fully saturated rings. The number of hydrogen-bond donors (Lipinski definition) is 1. The van der Waals surface area contributed by atoms with E-state index in [1.54, 1.807) is 0 Å². The number of aryl methyl sites for hydroxylation is 2. The Bertz CT molecular complexity index is 395. The molecule has 0 unspecified atom stereocenters. The molecule has 0 saturated heterocycles. The number of nitrogens with one attached hydrogen (secondary N) is 1. The molecule has 1 N–H and O–H groups in total. The summed E-state index contributed by atoms with van der Waals surface area (Å²) >= 11 is 0. The summed E-state index contributed by atoms with van der Waals surface area (Å²) in [6.07, 6.45) is 2.70. The molecule has 1 aromatic carbocycles. The highest BCUT2D eigenvalue weighted by Crippen LogP contribution is 2.07. The second-order valence-electron chi connectivity index (χ2n) is 4.64. The molecule has 1 rings (SSSR count). The first kappa shape index (κ1) is 14.4. The minimum absolute atomic E-state index is 0.0309. The van der Waals surface area contributed by atoms with Crippen molar-refractivity contribution >= 4 is 11.7 Å². The maximum Gasteiger partial charge on any atom is 0.220 e. The van der Waals surface area contributed by atoms with Crippen LogP contribution in [0.15, 0.2) is 24.3 Å². The molecule has 3 nitrogen and oxygen atoms in total. The van der Waals surface area contributed by atoms with Crippen LogP contribution in [-0.4, -0.2) is 18.2 Å². The molecule has 0 saturated carbocycles. The third-order valence-corrected chi connectivity index (χ3v) is 2.79. The van der Waals surface area contributed by atoms with Crippen LogP contribution in [-0.2, 0) is 16.0 Å². The topological polar surface area (TPSA) is 46.2 Å². The average molecular weight is 247 g/mol. The van der Waals surface area contributed by atoms with Crippen molar-refractivity contribution in [2.75, 3.05) is 6.54 Å². The van der Waals surface area contributed by atoms with Gasteiger partial charge in [-0.15, -0.1) is 0 Å². The lowest BCUT2D eigenvalue weighted by Crippen LogP contribution is -2.25. The second kappa shape index (κ2) is 7.64. The first-order valence-electron chi connectivity index (χ1n) is 6.39. The summed E-state index contributed by atoms with van der Waals surface area (Å²) in [6, 6.07) is 8.37. The van der Waals surface area contributed by atoms with E-state index in [1.165, 1.54) is 18.1 Å². The van der Waals surface area contributed by atoms with Crippen molar-refractivity contribution in [3.05, 3.63) is 35.4 Å². The lowest BCUT2D eigenvalue weighted by atomic mass is 10.1. The Labute approximate surface area is 109 Å². The monoisotopic (exact) mass is 247 g/mol. The molecule has 0 heterocycles. The fourth-order valence-corrected chi connectivity index (χ4v) is 1.67. The van der Waals surface area contributed by atoms with Crippen LogP contribution in [0.2, 0.25) is 0 Å². The van der Waals surface area contributed by atoms with Gasteiger partial charge in [-0.2, -0.15) is 0 Å². The van der Waals surface area contributed by atoms with Crippen LogP contribution >= 0.6 is 0 Å². The molecular weight excluding hydrogens is 226 g/mol. The van der Waals surface area contributed by atoms with Gasteiger partial charge < -0.3 is 5.32 Å². The quantitative estimate of drug-likeness (QED) is 0.804. The molecule has 18 heavy (non-hydrogen) atoms. The van der Waals surface area contributed by atoms with E-state index in [2.05, 4.69) is 36.5 Å². The fourth-order valence-electron chi connectivity index (χ4n) is 1.67. The third kappa shape index (κ3) is 6.18. The van der Waals surface area contributed by atoms with Crippen molar-refractivity contribution in [3.63, 3.8) is 0 Å². The molecule has 0 aliphatic heterocycles. The summed E-state index contributed by atoms with van der Waals surface area (Å²) in [6.45, 7) is 4.05. The smallest absolute Gasteiger partial charge is 0.220 e. The Kier molecular flexibility index (Phi) is 6.12. The summed E-state index contributed by atoms with van der Waals surface area (Å²) in [5.41, 5.74) is 2.51. The maximum absolute atomic E-state index is 11.4. The van der Waals surface area contributed by atoms with Gasteiger partial charge in [0, 0.05) is 19.4 Å². The maximum atomic E-state index is 11.4. The summed E-state index contributed by atoms with van der Waals surface area (Å²) in [7, 11) is 0. The van der Waals surface area contributed by atoms with Gasteiger partial charge in [0.25, 0.3) is 0 Å². The number of hydrogen-bond acceptors (Lipinski definition) is 2. The standard InChI is InChI=1S/C15H21NO2/c1-12-6-8-14(9-7-12)4-3-5-15(18)16-11-10-13(2)17/h6-9H,3-5,10-11H2,1-2H3,(H,16,18). The van der Waals surface area contributed by atoms with Gasteiger partial charge in [0.1, 0.15) is 5.78 Å². The average Bonchev–Trinajstić information content (AvgIpc) is 2.31. The number of carbonyl (C=O) groups excluding carboxylic acids is 2. The molecule has 1 aromatic rings. The SMILES string of the molecule is CC(=O)CCNC(=O)CCCc1ccc(C)cc1. The third-order valence-electron chi connectivity index (χ3n) is 2.79. The predicted octanol–water partition coefficient (Wildman–Crippen LogP) is 2.41. The van der Waals surface area contributed by atoms with Crippen molar-refractivity contribution in [1.82, 2.24) is 5.32 Å². The summed E-state index contributed by atoms with van der Waals surface area (Å²) in [4.78, 5) is 22.1.